The van der Waals surface area contributed by atoms with E-state index in [0.29, 0.717) is 0 Å². The van der Waals surface area contributed by atoms with Gasteiger partial charge in [-0.15, -0.1) is 0 Å². The minimum absolute atomic E-state index is 0.748. The molecule has 0 bridgehead atoms. The summed E-state index contributed by atoms with van der Waals surface area (Å²) in [4.78, 5) is 0. The molecule has 1 aromatic rings. The molecule has 0 aliphatic carbocycles. The monoisotopic (exact) mass is 235 g/mol. The van der Waals surface area contributed by atoms with E-state index in [-0.39, 0.29) is 0 Å². The van der Waals surface area contributed by atoms with Crippen molar-refractivity contribution in [1.82, 2.24) is 5.32 Å². The number of hydrogen-bond donors (Lipinski definition) is 1. The van der Waals surface area contributed by atoms with Gasteiger partial charge in [0.1, 0.15) is 12.4 Å². The van der Waals surface area contributed by atoms with Crippen LogP contribution in [0, 0.1) is 0 Å². The quantitative estimate of drug-likeness (QED) is 0.662. The molecule has 0 heterocycles. The molecule has 0 aliphatic rings. The van der Waals surface area contributed by atoms with Crippen LogP contribution in [-0.4, -0.2) is 19.7 Å². The number of unbranched alkanes of at least 4 members (excludes halogenated alkanes) is 2. The van der Waals surface area contributed by atoms with Crippen LogP contribution >= 0.6 is 0 Å². The Bertz CT molecular complexity index is 281. The van der Waals surface area contributed by atoms with Crippen molar-refractivity contribution >= 4 is 0 Å². The third kappa shape index (κ3) is 6.32. The standard InChI is InChI=1S/C15H25NO/c1-3-5-6-11-16-12-13-17-15-9-7-14(4-2)8-10-15/h7-10,16H,3-6,11-13H2,1-2H3. The predicted molar refractivity (Wildman–Crippen MR) is 73.7 cm³/mol. The fourth-order valence-electron chi connectivity index (χ4n) is 1.69. The highest BCUT2D eigenvalue weighted by atomic mass is 16.5. The van der Waals surface area contributed by atoms with Gasteiger partial charge in [-0.2, -0.15) is 0 Å². The van der Waals surface area contributed by atoms with Crippen molar-refractivity contribution in [2.75, 3.05) is 19.7 Å². The third-order valence-corrected chi connectivity index (χ3v) is 2.84. The Morgan fingerprint density at radius 1 is 1.00 bits per heavy atom. The predicted octanol–water partition coefficient (Wildman–Crippen LogP) is 3.41. The van der Waals surface area contributed by atoms with Crippen molar-refractivity contribution in [3.05, 3.63) is 29.8 Å². The van der Waals surface area contributed by atoms with Crippen LogP contribution < -0.4 is 10.1 Å². The SMILES string of the molecule is CCCCCNCCOc1ccc(CC)cc1. The summed E-state index contributed by atoms with van der Waals surface area (Å²) in [5, 5.41) is 3.39. The van der Waals surface area contributed by atoms with Crippen molar-refractivity contribution in [3.8, 4) is 5.75 Å². The first-order valence-electron chi connectivity index (χ1n) is 6.79. The Balaban J connectivity index is 2.05. The molecule has 0 saturated carbocycles. The van der Waals surface area contributed by atoms with Crippen LogP contribution in [0.1, 0.15) is 38.7 Å². The van der Waals surface area contributed by atoms with E-state index in [2.05, 4.69) is 43.4 Å². The van der Waals surface area contributed by atoms with Gasteiger partial charge in [0.05, 0.1) is 0 Å². The van der Waals surface area contributed by atoms with Gasteiger partial charge in [-0.1, -0.05) is 38.8 Å². The second kappa shape index (κ2) is 9.06. The molecular formula is C15H25NO. The molecule has 0 fully saturated rings. The van der Waals surface area contributed by atoms with E-state index in [1.807, 2.05) is 0 Å². The van der Waals surface area contributed by atoms with Gasteiger partial charge >= 0.3 is 0 Å². The molecule has 2 heteroatoms. The van der Waals surface area contributed by atoms with E-state index < -0.39 is 0 Å². The van der Waals surface area contributed by atoms with Crippen molar-refractivity contribution in [3.63, 3.8) is 0 Å². The van der Waals surface area contributed by atoms with Crippen LogP contribution in [0.2, 0.25) is 0 Å². The lowest BCUT2D eigenvalue weighted by molar-refractivity contribution is 0.313. The number of rotatable bonds is 9. The van der Waals surface area contributed by atoms with Gasteiger partial charge in [-0.25, -0.2) is 0 Å². The van der Waals surface area contributed by atoms with Crippen molar-refractivity contribution in [1.29, 1.82) is 0 Å². The maximum absolute atomic E-state index is 5.65. The second-order valence-corrected chi connectivity index (χ2v) is 4.30. The molecule has 0 aromatic heterocycles. The normalized spacial score (nSPS) is 10.5. The lowest BCUT2D eigenvalue weighted by atomic mass is 10.2. The Morgan fingerprint density at radius 3 is 2.41 bits per heavy atom. The maximum atomic E-state index is 5.65. The first-order valence-corrected chi connectivity index (χ1v) is 6.79. The van der Waals surface area contributed by atoms with Gasteiger partial charge in [0.15, 0.2) is 0 Å². The molecule has 1 N–H and O–H groups in total. The Hall–Kier alpha value is -1.02. The summed E-state index contributed by atoms with van der Waals surface area (Å²) in [5.41, 5.74) is 1.36. The molecule has 1 rings (SSSR count). The summed E-state index contributed by atoms with van der Waals surface area (Å²) in [6, 6.07) is 8.36. The topological polar surface area (TPSA) is 21.3 Å². The smallest absolute Gasteiger partial charge is 0.119 e. The van der Waals surface area contributed by atoms with Crippen molar-refractivity contribution in [2.24, 2.45) is 0 Å². The molecule has 0 spiro atoms. The lowest BCUT2D eigenvalue weighted by Crippen LogP contribution is -2.22. The molecule has 0 radical (unpaired) electrons. The molecule has 96 valence electrons. The van der Waals surface area contributed by atoms with Crippen molar-refractivity contribution in [2.45, 2.75) is 39.5 Å². The number of benzene rings is 1. The highest BCUT2D eigenvalue weighted by Crippen LogP contribution is 2.11. The summed E-state index contributed by atoms with van der Waals surface area (Å²) >= 11 is 0. The van der Waals surface area contributed by atoms with Gasteiger partial charge in [0.25, 0.3) is 0 Å². The Kier molecular flexibility index (Phi) is 7.48. The zero-order valence-corrected chi connectivity index (χ0v) is 11.2. The Labute approximate surface area is 105 Å². The largest absolute Gasteiger partial charge is 0.492 e. The van der Waals surface area contributed by atoms with E-state index in [4.69, 9.17) is 4.74 Å². The Morgan fingerprint density at radius 2 is 1.76 bits per heavy atom. The minimum Gasteiger partial charge on any atom is -0.492 e. The fraction of sp³-hybridized carbons (Fsp3) is 0.600. The first-order chi connectivity index (χ1) is 8.36. The molecule has 17 heavy (non-hydrogen) atoms. The van der Waals surface area contributed by atoms with Gasteiger partial charge in [-0.05, 0) is 37.1 Å². The van der Waals surface area contributed by atoms with Gasteiger partial charge in [-0.3, -0.25) is 0 Å². The molecule has 1 aromatic carbocycles. The van der Waals surface area contributed by atoms with E-state index >= 15 is 0 Å². The zero-order valence-electron chi connectivity index (χ0n) is 11.2. The van der Waals surface area contributed by atoms with E-state index in [0.717, 1.165) is 31.9 Å². The highest BCUT2D eigenvalue weighted by molar-refractivity contribution is 5.27. The number of aryl methyl sites for hydroxylation is 1. The first kappa shape index (κ1) is 14.0. The van der Waals surface area contributed by atoms with Crippen LogP contribution in [-0.2, 0) is 6.42 Å². The van der Waals surface area contributed by atoms with Crippen LogP contribution in [0.25, 0.3) is 0 Å². The fourth-order valence-corrected chi connectivity index (χ4v) is 1.69. The summed E-state index contributed by atoms with van der Waals surface area (Å²) in [5.74, 6) is 0.970. The zero-order chi connectivity index (χ0) is 12.3. The van der Waals surface area contributed by atoms with Crippen LogP contribution in [0.5, 0.6) is 5.75 Å². The van der Waals surface area contributed by atoms with Gasteiger partial charge in [0.2, 0.25) is 0 Å². The summed E-state index contributed by atoms with van der Waals surface area (Å²) in [6.45, 7) is 7.17. The summed E-state index contributed by atoms with van der Waals surface area (Å²) < 4.78 is 5.65. The maximum Gasteiger partial charge on any atom is 0.119 e. The van der Waals surface area contributed by atoms with Crippen LogP contribution in [0.3, 0.4) is 0 Å². The number of nitrogens with one attached hydrogen (secondary N) is 1. The van der Waals surface area contributed by atoms with Gasteiger partial charge < -0.3 is 10.1 Å². The minimum atomic E-state index is 0.748. The van der Waals surface area contributed by atoms with E-state index in [1.54, 1.807) is 0 Å². The molecule has 2 nitrogen and oxygen atoms in total. The van der Waals surface area contributed by atoms with E-state index in [9.17, 15) is 0 Å². The average molecular weight is 235 g/mol. The summed E-state index contributed by atoms with van der Waals surface area (Å²) in [7, 11) is 0. The second-order valence-electron chi connectivity index (χ2n) is 4.30. The molecule has 0 atom stereocenters. The molecule has 0 unspecified atom stereocenters. The van der Waals surface area contributed by atoms with Gasteiger partial charge in [0, 0.05) is 6.54 Å². The highest BCUT2D eigenvalue weighted by Gasteiger charge is 1.94. The molecule has 0 aliphatic heterocycles. The number of ether oxygens (including phenoxy) is 1. The molecule has 0 amide bonds. The molecular weight excluding hydrogens is 210 g/mol. The lowest BCUT2D eigenvalue weighted by Gasteiger charge is -2.07. The summed E-state index contributed by atoms with van der Waals surface area (Å²) in [6.07, 6.45) is 4.94. The number of hydrogen-bond acceptors (Lipinski definition) is 2. The van der Waals surface area contributed by atoms with Crippen LogP contribution in [0.15, 0.2) is 24.3 Å². The molecule has 0 saturated heterocycles. The van der Waals surface area contributed by atoms with E-state index in [1.165, 1.54) is 24.8 Å². The van der Waals surface area contributed by atoms with Crippen molar-refractivity contribution < 1.29 is 4.74 Å². The van der Waals surface area contributed by atoms with Crippen LogP contribution in [0.4, 0.5) is 0 Å². The average Bonchev–Trinajstić information content (AvgIpc) is 2.38. The third-order valence-electron chi connectivity index (χ3n) is 2.84.